The first-order chi connectivity index (χ1) is 11.0. The molecule has 0 saturated heterocycles. The van der Waals surface area contributed by atoms with E-state index in [1.165, 1.54) is 12.3 Å². The van der Waals surface area contributed by atoms with Gasteiger partial charge in [0.25, 0.3) is 0 Å². The summed E-state index contributed by atoms with van der Waals surface area (Å²) in [5.74, 6) is -0.357. The molecule has 0 atom stereocenters. The minimum absolute atomic E-state index is 0.139. The number of aromatic nitrogens is 1. The number of phenols is 1. The lowest BCUT2D eigenvalue weighted by molar-refractivity contribution is 0.463. The van der Waals surface area contributed by atoms with Crippen molar-refractivity contribution in [2.75, 3.05) is 0 Å². The number of nitrogens with zero attached hydrogens (tertiary/aromatic N) is 1. The summed E-state index contributed by atoms with van der Waals surface area (Å²) in [5, 5.41) is 10.9. The van der Waals surface area contributed by atoms with Crippen molar-refractivity contribution in [1.82, 2.24) is 9.71 Å². The van der Waals surface area contributed by atoms with Crippen molar-refractivity contribution in [1.29, 1.82) is 0 Å². The van der Waals surface area contributed by atoms with E-state index in [-0.39, 0.29) is 22.7 Å². The number of hydrogen-bond donors (Lipinski definition) is 2. The number of benzene rings is 2. The number of phenolic OH excluding ortho intramolecular Hbond substituents is 1. The van der Waals surface area contributed by atoms with Crippen molar-refractivity contribution in [2.45, 2.75) is 11.4 Å². The lowest BCUT2D eigenvalue weighted by atomic mass is 10.2. The average molecular weight is 393 g/mol. The third kappa shape index (κ3) is 3.21. The Morgan fingerprint density at radius 1 is 1.13 bits per heavy atom. The minimum atomic E-state index is -3.87. The Bertz CT molecular complexity index is 960. The molecule has 1 aromatic heterocycles. The van der Waals surface area contributed by atoms with Gasteiger partial charge in [-0.05, 0) is 17.7 Å². The predicted molar refractivity (Wildman–Crippen MR) is 91.6 cm³/mol. The van der Waals surface area contributed by atoms with Crippen LogP contribution in [0.4, 0.5) is 0 Å². The monoisotopic (exact) mass is 392 g/mol. The zero-order valence-electron chi connectivity index (χ0n) is 11.9. The van der Waals surface area contributed by atoms with Gasteiger partial charge in [-0.15, -0.1) is 0 Å². The molecular weight excluding hydrogens is 380 g/mol. The van der Waals surface area contributed by atoms with Gasteiger partial charge in [0.05, 0.1) is 0 Å². The molecule has 2 N–H and O–H groups in total. The van der Waals surface area contributed by atoms with Gasteiger partial charge in [-0.1, -0.05) is 52.3 Å². The van der Waals surface area contributed by atoms with Gasteiger partial charge in [0.15, 0.2) is 5.75 Å². The lowest BCUT2D eigenvalue weighted by Crippen LogP contribution is -2.23. The highest BCUT2D eigenvalue weighted by molar-refractivity contribution is 9.10. The Balaban J connectivity index is 2.00. The van der Waals surface area contributed by atoms with E-state index in [9.17, 15) is 13.5 Å². The topological polar surface area (TPSA) is 79.3 Å². The van der Waals surface area contributed by atoms with Crippen LogP contribution in [0, 0.1) is 0 Å². The summed E-state index contributed by atoms with van der Waals surface area (Å²) in [6.45, 7) is 0.139. The standard InChI is InChI=1S/C16H13BrN2O3S/c17-13-9-14(16(20)15-12(13)7-4-8-18-15)23(21,22)19-10-11-5-2-1-3-6-11/h1-9,19-20H,10H2. The molecule has 3 aromatic rings. The van der Waals surface area contributed by atoms with Gasteiger partial charge >= 0.3 is 0 Å². The summed E-state index contributed by atoms with van der Waals surface area (Å²) >= 11 is 3.33. The SMILES string of the molecule is O=S(=O)(NCc1ccccc1)c1cc(Br)c2cccnc2c1O. The Hall–Kier alpha value is -1.96. The molecule has 1 heterocycles. The molecule has 0 fully saturated rings. The van der Waals surface area contributed by atoms with Crippen LogP contribution in [0.3, 0.4) is 0 Å². The van der Waals surface area contributed by atoms with E-state index in [0.717, 1.165) is 5.56 Å². The summed E-state index contributed by atoms with van der Waals surface area (Å²) in [7, 11) is -3.87. The summed E-state index contributed by atoms with van der Waals surface area (Å²) < 4.78 is 28.0. The third-order valence-corrected chi connectivity index (χ3v) is 5.45. The smallest absolute Gasteiger partial charge is 0.244 e. The highest BCUT2D eigenvalue weighted by Gasteiger charge is 2.22. The zero-order chi connectivity index (χ0) is 16.4. The van der Waals surface area contributed by atoms with Crippen LogP contribution in [0.5, 0.6) is 5.75 Å². The Morgan fingerprint density at radius 3 is 2.61 bits per heavy atom. The van der Waals surface area contributed by atoms with Crippen LogP contribution in [-0.4, -0.2) is 18.5 Å². The van der Waals surface area contributed by atoms with Gasteiger partial charge in [0.1, 0.15) is 10.4 Å². The summed E-state index contributed by atoms with van der Waals surface area (Å²) in [6, 6.07) is 14.0. The minimum Gasteiger partial charge on any atom is -0.504 e. The van der Waals surface area contributed by atoms with Crippen molar-refractivity contribution < 1.29 is 13.5 Å². The molecule has 0 aliphatic rings. The number of fused-ring (bicyclic) bond motifs is 1. The molecule has 118 valence electrons. The number of nitrogens with one attached hydrogen (secondary N) is 1. The maximum absolute atomic E-state index is 12.5. The molecule has 0 saturated carbocycles. The Kier molecular flexibility index (Phi) is 4.34. The van der Waals surface area contributed by atoms with Crippen molar-refractivity contribution in [3.8, 4) is 5.75 Å². The van der Waals surface area contributed by atoms with E-state index in [1.807, 2.05) is 30.3 Å². The normalized spacial score (nSPS) is 11.7. The fraction of sp³-hybridized carbons (Fsp3) is 0.0625. The van der Waals surface area contributed by atoms with Gasteiger partial charge in [-0.2, -0.15) is 0 Å². The second-order valence-corrected chi connectivity index (χ2v) is 7.50. The number of rotatable bonds is 4. The molecule has 0 bridgehead atoms. The van der Waals surface area contributed by atoms with Gasteiger partial charge in [0.2, 0.25) is 10.0 Å². The fourth-order valence-electron chi connectivity index (χ4n) is 2.22. The summed E-state index contributed by atoms with van der Waals surface area (Å²) in [4.78, 5) is 3.86. The highest BCUT2D eigenvalue weighted by atomic mass is 79.9. The maximum atomic E-state index is 12.5. The summed E-state index contributed by atoms with van der Waals surface area (Å²) in [5.41, 5.74) is 1.07. The second kappa shape index (κ2) is 6.27. The number of aromatic hydroxyl groups is 1. The molecule has 5 nitrogen and oxygen atoms in total. The van der Waals surface area contributed by atoms with Gasteiger partial charge in [0, 0.05) is 22.6 Å². The Morgan fingerprint density at radius 2 is 1.87 bits per heavy atom. The first-order valence-corrected chi connectivity index (χ1v) is 9.06. The molecule has 2 aromatic carbocycles. The van der Waals surface area contributed by atoms with Crippen molar-refractivity contribution in [3.05, 3.63) is 64.8 Å². The molecule has 0 unspecified atom stereocenters. The first kappa shape index (κ1) is 15.9. The van der Waals surface area contributed by atoms with Crippen LogP contribution in [0.1, 0.15) is 5.56 Å². The summed E-state index contributed by atoms with van der Waals surface area (Å²) in [6.07, 6.45) is 1.50. The molecule has 0 aliphatic heterocycles. The van der Waals surface area contributed by atoms with E-state index in [4.69, 9.17) is 0 Å². The number of hydrogen-bond acceptors (Lipinski definition) is 4. The number of pyridine rings is 1. The lowest BCUT2D eigenvalue weighted by Gasteiger charge is -2.11. The average Bonchev–Trinajstić information content (AvgIpc) is 2.57. The molecule has 0 aliphatic carbocycles. The van der Waals surface area contributed by atoms with Gasteiger partial charge in [-0.3, -0.25) is 4.98 Å². The first-order valence-electron chi connectivity index (χ1n) is 6.79. The Labute approximate surface area is 142 Å². The highest BCUT2D eigenvalue weighted by Crippen LogP contribution is 2.35. The molecule has 7 heteroatoms. The van der Waals surface area contributed by atoms with Crippen LogP contribution in [0.25, 0.3) is 10.9 Å². The number of sulfonamides is 1. The van der Waals surface area contributed by atoms with Crippen LogP contribution in [-0.2, 0) is 16.6 Å². The third-order valence-electron chi connectivity index (χ3n) is 3.38. The molecule has 0 spiro atoms. The van der Waals surface area contributed by atoms with Gasteiger partial charge < -0.3 is 5.11 Å². The van der Waals surface area contributed by atoms with E-state index < -0.39 is 10.0 Å². The zero-order valence-corrected chi connectivity index (χ0v) is 14.3. The van der Waals surface area contributed by atoms with Crippen LogP contribution < -0.4 is 4.72 Å². The molecule has 0 radical (unpaired) electrons. The van der Waals surface area contributed by atoms with E-state index in [2.05, 4.69) is 25.6 Å². The van der Waals surface area contributed by atoms with Crippen LogP contribution >= 0.6 is 15.9 Å². The quantitative estimate of drug-likeness (QED) is 0.714. The molecule has 23 heavy (non-hydrogen) atoms. The van der Waals surface area contributed by atoms with E-state index >= 15 is 0 Å². The van der Waals surface area contributed by atoms with Crippen LogP contribution in [0.15, 0.2) is 64.1 Å². The van der Waals surface area contributed by atoms with Gasteiger partial charge in [-0.25, -0.2) is 13.1 Å². The predicted octanol–water partition coefficient (Wildman–Crippen LogP) is 3.18. The van der Waals surface area contributed by atoms with Crippen molar-refractivity contribution in [2.24, 2.45) is 0 Å². The molecule has 3 rings (SSSR count). The van der Waals surface area contributed by atoms with E-state index in [1.54, 1.807) is 12.1 Å². The van der Waals surface area contributed by atoms with E-state index in [0.29, 0.717) is 9.86 Å². The van der Waals surface area contributed by atoms with Crippen molar-refractivity contribution >= 4 is 36.9 Å². The second-order valence-electron chi connectivity index (χ2n) is 4.91. The largest absolute Gasteiger partial charge is 0.504 e. The number of halogens is 1. The fourth-order valence-corrected chi connectivity index (χ4v) is 4.06. The van der Waals surface area contributed by atoms with Crippen molar-refractivity contribution in [3.63, 3.8) is 0 Å². The van der Waals surface area contributed by atoms with Crippen LogP contribution in [0.2, 0.25) is 0 Å². The molecular formula is C16H13BrN2O3S. The molecule has 0 amide bonds. The maximum Gasteiger partial charge on any atom is 0.244 e.